The molecule has 2 heterocycles. The van der Waals surface area contributed by atoms with Crippen LogP contribution in [0.5, 0.6) is 0 Å². The molecular formula is C42H45BO2S. The van der Waals surface area contributed by atoms with E-state index >= 15 is 0 Å². The van der Waals surface area contributed by atoms with Gasteiger partial charge in [-0.1, -0.05) is 80.9 Å². The molecule has 9 rings (SSSR count). The fourth-order valence-corrected chi connectivity index (χ4v) is 11.3. The molecule has 4 aromatic carbocycles. The van der Waals surface area contributed by atoms with Crippen LogP contribution in [0, 0.1) is 23.7 Å². The lowest BCUT2D eigenvalue weighted by atomic mass is 9.49. The number of hydrogen-bond acceptors (Lipinski definition) is 3. The molecular weight excluding hydrogens is 579 g/mol. The molecule has 46 heavy (non-hydrogen) atoms. The van der Waals surface area contributed by atoms with Crippen LogP contribution in [-0.2, 0) is 14.7 Å². The summed E-state index contributed by atoms with van der Waals surface area (Å²) in [5.74, 6) is 2.96. The zero-order valence-corrected chi connectivity index (χ0v) is 29.0. The van der Waals surface area contributed by atoms with Gasteiger partial charge in [-0.05, 0) is 134 Å². The smallest absolute Gasteiger partial charge is 0.399 e. The summed E-state index contributed by atoms with van der Waals surface area (Å²) >= 11 is 1.91. The maximum Gasteiger partial charge on any atom is 0.494 e. The summed E-state index contributed by atoms with van der Waals surface area (Å²) in [5, 5.41) is 2.73. The van der Waals surface area contributed by atoms with Crippen molar-refractivity contribution in [2.75, 3.05) is 0 Å². The van der Waals surface area contributed by atoms with E-state index in [1.807, 2.05) is 11.3 Å². The van der Waals surface area contributed by atoms with Crippen LogP contribution in [0.2, 0.25) is 0 Å². The maximum absolute atomic E-state index is 6.56. The lowest BCUT2D eigenvalue weighted by molar-refractivity contribution is 0.00578. The molecule has 2 bridgehead atoms. The van der Waals surface area contributed by atoms with Gasteiger partial charge in [0.25, 0.3) is 0 Å². The van der Waals surface area contributed by atoms with E-state index in [-0.39, 0.29) is 23.7 Å². The van der Waals surface area contributed by atoms with Crippen molar-refractivity contribution in [3.05, 3.63) is 90.0 Å². The third-order valence-electron chi connectivity index (χ3n) is 13.1. The van der Waals surface area contributed by atoms with Crippen LogP contribution in [0.25, 0.3) is 42.4 Å². The van der Waals surface area contributed by atoms with E-state index in [4.69, 9.17) is 9.31 Å². The van der Waals surface area contributed by atoms with Crippen LogP contribution in [0.1, 0.15) is 84.8 Å². The highest BCUT2D eigenvalue weighted by Gasteiger charge is 2.57. The minimum Gasteiger partial charge on any atom is -0.399 e. The molecule has 3 fully saturated rings. The van der Waals surface area contributed by atoms with Crippen LogP contribution in [0.3, 0.4) is 0 Å². The Morgan fingerprint density at radius 2 is 1.46 bits per heavy atom. The summed E-state index contributed by atoms with van der Waals surface area (Å²) in [6.45, 7) is 13.6. The maximum atomic E-state index is 6.56. The lowest BCUT2D eigenvalue weighted by Gasteiger charge is -2.54. The van der Waals surface area contributed by atoms with Crippen LogP contribution in [0.4, 0.5) is 0 Å². The van der Waals surface area contributed by atoms with Crippen molar-refractivity contribution in [2.24, 2.45) is 23.7 Å². The van der Waals surface area contributed by atoms with Gasteiger partial charge in [-0.25, -0.2) is 0 Å². The fraction of sp³-hybridized carbons (Fsp3) is 0.429. The monoisotopic (exact) mass is 624 g/mol. The highest BCUT2D eigenvalue weighted by atomic mass is 32.1. The van der Waals surface area contributed by atoms with Gasteiger partial charge < -0.3 is 9.31 Å². The molecule has 1 saturated heterocycles. The topological polar surface area (TPSA) is 18.5 Å². The summed E-state index contributed by atoms with van der Waals surface area (Å²) < 4.78 is 15.9. The Morgan fingerprint density at radius 1 is 0.717 bits per heavy atom. The Bertz CT molecular complexity index is 2000. The van der Waals surface area contributed by atoms with Gasteiger partial charge in [0.15, 0.2) is 0 Å². The third kappa shape index (κ3) is 4.02. The minimum atomic E-state index is -0.357. The van der Waals surface area contributed by atoms with Gasteiger partial charge in [-0.15, -0.1) is 11.3 Å². The Morgan fingerprint density at radius 3 is 2.26 bits per heavy atom. The van der Waals surface area contributed by atoms with Crippen LogP contribution >= 0.6 is 11.3 Å². The summed E-state index contributed by atoms with van der Waals surface area (Å²) in [7, 11) is -0.352. The Balaban J connectivity index is 1.21. The van der Waals surface area contributed by atoms with Gasteiger partial charge in [0, 0.05) is 25.6 Å². The molecule has 4 aliphatic rings. The molecule has 2 nitrogen and oxygen atoms in total. The van der Waals surface area contributed by atoms with Gasteiger partial charge in [-0.3, -0.25) is 0 Å². The molecule has 1 aliphatic heterocycles. The molecule has 2 saturated carbocycles. The summed E-state index contributed by atoms with van der Waals surface area (Å²) in [6, 6.07) is 30.6. The molecule has 5 aromatic rings. The van der Waals surface area contributed by atoms with Gasteiger partial charge in [-0.2, -0.15) is 0 Å². The zero-order chi connectivity index (χ0) is 31.6. The lowest BCUT2D eigenvalue weighted by Crippen LogP contribution is -2.49. The molecule has 1 aromatic heterocycles. The normalized spacial score (nSPS) is 29.0. The van der Waals surface area contributed by atoms with E-state index in [9.17, 15) is 0 Å². The summed E-state index contributed by atoms with van der Waals surface area (Å²) in [5.41, 5.74) is 9.06. The van der Waals surface area contributed by atoms with Crippen molar-refractivity contribution in [3.8, 4) is 22.3 Å². The fourth-order valence-electron chi connectivity index (χ4n) is 10.1. The van der Waals surface area contributed by atoms with Gasteiger partial charge in [0.2, 0.25) is 0 Å². The van der Waals surface area contributed by atoms with Crippen molar-refractivity contribution in [1.29, 1.82) is 0 Å². The standard InChI is InChI=1S/C42H45BO2S/c1-7-26-19-27-18-25(2)42(30(20-26)21-27)36-17-14-31(43-44-40(3,4)41(5,6)45-43)24-35(36)32-15-12-28(22-37(32)42)29-13-16-34-33-10-8-9-11-38(33)46-39(34)23-29/h8-17,22-27,30H,7,18-21H2,1-6H3. The summed E-state index contributed by atoms with van der Waals surface area (Å²) in [4.78, 5) is 0. The van der Waals surface area contributed by atoms with Crippen molar-refractivity contribution >= 4 is 44.1 Å². The Hall–Kier alpha value is -2.92. The van der Waals surface area contributed by atoms with E-state index in [0.29, 0.717) is 11.8 Å². The van der Waals surface area contributed by atoms with Gasteiger partial charge in [0.1, 0.15) is 0 Å². The van der Waals surface area contributed by atoms with Gasteiger partial charge in [0.05, 0.1) is 11.2 Å². The number of hydrogen-bond donors (Lipinski definition) is 0. The highest BCUT2D eigenvalue weighted by molar-refractivity contribution is 7.25. The molecule has 1 spiro atoms. The average Bonchev–Trinajstić information content (AvgIpc) is 3.63. The molecule has 0 amide bonds. The second kappa shape index (κ2) is 10.0. The molecule has 4 heteroatoms. The minimum absolute atomic E-state index is 0.0428. The third-order valence-corrected chi connectivity index (χ3v) is 14.2. The van der Waals surface area contributed by atoms with Crippen LogP contribution in [-0.4, -0.2) is 18.3 Å². The summed E-state index contributed by atoms with van der Waals surface area (Å²) in [6.07, 6.45) is 6.74. The largest absolute Gasteiger partial charge is 0.494 e. The molecule has 5 atom stereocenters. The van der Waals surface area contributed by atoms with Crippen LogP contribution in [0.15, 0.2) is 78.9 Å². The Labute approximate surface area is 278 Å². The van der Waals surface area contributed by atoms with E-state index in [1.165, 1.54) is 74.5 Å². The first-order valence-corrected chi connectivity index (χ1v) is 18.5. The van der Waals surface area contributed by atoms with Crippen molar-refractivity contribution < 1.29 is 9.31 Å². The Kier molecular flexibility index (Phi) is 6.39. The van der Waals surface area contributed by atoms with Gasteiger partial charge >= 0.3 is 7.12 Å². The highest BCUT2D eigenvalue weighted by Crippen LogP contribution is 2.65. The molecule has 0 N–H and O–H groups in total. The van der Waals surface area contributed by atoms with E-state index < -0.39 is 0 Å². The first-order chi connectivity index (χ1) is 22.1. The van der Waals surface area contributed by atoms with E-state index in [1.54, 1.807) is 11.1 Å². The number of thiophene rings is 1. The van der Waals surface area contributed by atoms with E-state index in [0.717, 1.165) is 17.3 Å². The van der Waals surface area contributed by atoms with Crippen LogP contribution < -0.4 is 5.46 Å². The predicted molar refractivity (Wildman–Crippen MR) is 195 cm³/mol. The average molecular weight is 625 g/mol. The quantitative estimate of drug-likeness (QED) is 0.186. The SMILES string of the molecule is CCC1CC2CC(C)C3(c4ccc(B5OC(C)(C)C(C)(C)O5)cc4-c4ccc(-c5ccc6c(c5)sc5ccccc56)cc43)C(C1)C2. The molecule has 234 valence electrons. The molecule has 0 radical (unpaired) electrons. The first-order valence-electron chi connectivity index (χ1n) is 17.7. The second-order valence-corrected chi connectivity index (χ2v) is 17.1. The number of rotatable bonds is 3. The van der Waals surface area contributed by atoms with Crippen molar-refractivity contribution in [1.82, 2.24) is 0 Å². The number of benzene rings is 4. The molecule has 5 unspecified atom stereocenters. The van der Waals surface area contributed by atoms with Crippen molar-refractivity contribution in [3.63, 3.8) is 0 Å². The number of fused-ring (bicyclic) bond motifs is 11. The second-order valence-electron chi connectivity index (χ2n) is 16.0. The van der Waals surface area contributed by atoms with E-state index in [2.05, 4.69) is 120 Å². The first kappa shape index (κ1) is 29.2. The zero-order valence-electron chi connectivity index (χ0n) is 28.2. The molecule has 3 aliphatic carbocycles. The van der Waals surface area contributed by atoms with Crippen molar-refractivity contribution in [2.45, 2.75) is 90.3 Å². The predicted octanol–water partition coefficient (Wildman–Crippen LogP) is 10.8.